The highest BCUT2D eigenvalue weighted by molar-refractivity contribution is 5.86. The summed E-state index contributed by atoms with van der Waals surface area (Å²) in [6, 6.07) is 14.4. The molecular formula is C26H23FN4O5. The lowest BCUT2D eigenvalue weighted by Crippen LogP contribution is -2.45. The molecule has 0 bridgehead atoms. The van der Waals surface area contributed by atoms with Crippen LogP contribution in [0.4, 0.5) is 9.18 Å². The molecule has 0 saturated carbocycles. The molecule has 0 spiro atoms. The van der Waals surface area contributed by atoms with Gasteiger partial charge >= 0.3 is 6.03 Å². The van der Waals surface area contributed by atoms with Crippen molar-refractivity contribution in [2.75, 3.05) is 14.2 Å². The first kappa shape index (κ1) is 23.2. The molecule has 1 N–H and O–H groups in total. The van der Waals surface area contributed by atoms with Crippen molar-refractivity contribution in [2.45, 2.75) is 19.5 Å². The second kappa shape index (κ2) is 9.57. The molecule has 0 fully saturated rings. The fraction of sp³-hybridized carbons (Fsp3) is 0.192. The van der Waals surface area contributed by atoms with Crippen molar-refractivity contribution in [1.29, 1.82) is 0 Å². The van der Waals surface area contributed by atoms with Crippen LogP contribution >= 0.6 is 0 Å². The van der Waals surface area contributed by atoms with Crippen LogP contribution in [0.2, 0.25) is 0 Å². The van der Waals surface area contributed by atoms with Gasteiger partial charge in [0.25, 0.3) is 5.89 Å². The molecule has 1 unspecified atom stereocenters. The molecule has 4 aromatic rings. The maximum absolute atomic E-state index is 14.3. The lowest BCUT2D eigenvalue weighted by atomic mass is 9.94. The number of halogens is 1. The summed E-state index contributed by atoms with van der Waals surface area (Å²) in [6.07, 6.45) is 1.55. The molecule has 5 rings (SSSR count). The fourth-order valence-electron chi connectivity index (χ4n) is 4.11. The second-order valence-corrected chi connectivity index (χ2v) is 8.09. The summed E-state index contributed by atoms with van der Waals surface area (Å²) < 4.78 is 35.6. The van der Waals surface area contributed by atoms with Gasteiger partial charge in [-0.05, 0) is 55.0 Å². The molecule has 1 atom stereocenters. The predicted molar refractivity (Wildman–Crippen MR) is 127 cm³/mol. The molecule has 9 nitrogen and oxygen atoms in total. The molecule has 2 aromatic heterocycles. The second-order valence-electron chi connectivity index (χ2n) is 8.09. The van der Waals surface area contributed by atoms with E-state index in [1.54, 1.807) is 36.5 Å². The molecule has 0 saturated heterocycles. The van der Waals surface area contributed by atoms with Gasteiger partial charge in [-0.3, -0.25) is 4.90 Å². The highest BCUT2D eigenvalue weighted by atomic mass is 19.1. The van der Waals surface area contributed by atoms with E-state index in [0.717, 1.165) is 5.56 Å². The summed E-state index contributed by atoms with van der Waals surface area (Å²) in [5, 5.41) is 7.10. The Balaban J connectivity index is 1.58. The Labute approximate surface area is 206 Å². The minimum Gasteiger partial charge on any atom is -0.497 e. The molecule has 1 aliphatic heterocycles. The average molecular weight is 490 g/mol. The Morgan fingerprint density at radius 2 is 1.92 bits per heavy atom. The van der Waals surface area contributed by atoms with Crippen LogP contribution in [0.15, 0.2) is 75.5 Å². The third-order valence-corrected chi connectivity index (χ3v) is 6.01. The summed E-state index contributed by atoms with van der Waals surface area (Å²) in [4.78, 5) is 19.2. The number of allylic oxidation sites excluding steroid dienone is 1. The Kier molecular flexibility index (Phi) is 6.16. The van der Waals surface area contributed by atoms with Gasteiger partial charge in [-0.15, -0.1) is 0 Å². The number of nitrogens with one attached hydrogen (secondary N) is 1. The van der Waals surface area contributed by atoms with Crippen LogP contribution in [-0.2, 0) is 6.54 Å². The van der Waals surface area contributed by atoms with Crippen molar-refractivity contribution in [1.82, 2.24) is 20.4 Å². The smallest absolute Gasteiger partial charge is 0.322 e. The van der Waals surface area contributed by atoms with Crippen LogP contribution in [0.25, 0.3) is 17.0 Å². The van der Waals surface area contributed by atoms with E-state index in [1.807, 2.05) is 31.2 Å². The van der Waals surface area contributed by atoms with Gasteiger partial charge in [0.1, 0.15) is 11.5 Å². The SMILES string of the molecule is COc1ccc(C2NC(=O)N(Cc3ccco3)C(C)=C2c2nc(-c3ccc(OC)c(F)c3)no2)cc1. The van der Waals surface area contributed by atoms with Crippen molar-refractivity contribution in [3.63, 3.8) is 0 Å². The van der Waals surface area contributed by atoms with E-state index in [2.05, 4.69) is 15.5 Å². The minimum absolute atomic E-state index is 0.115. The van der Waals surface area contributed by atoms with E-state index in [0.29, 0.717) is 28.3 Å². The summed E-state index contributed by atoms with van der Waals surface area (Å²) in [6.45, 7) is 2.03. The van der Waals surface area contributed by atoms with Crippen molar-refractivity contribution in [3.05, 3.63) is 89.6 Å². The van der Waals surface area contributed by atoms with Crippen LogP contribution in [0.1, 0.15) is 30.2 Å². The topological polar surface area (TPSA) is 103 Å². The van der Waals surface area contributed by atoms with Crippen LogP contribution in [0, 0.1) is 5.82 Å². The number of ether oxygens (including phenoxy) is 2. The van der Waals surface area contributed by atoms with Crippen LogP contribution in [0.5, 0.6) is 11.5 Å². The van der Waals surface area contributed by atoms with Crippen LogP contribution < -0.4 is 14.8 Å². The molecule has 0 aliphatic carbocycles. The number of furan rings is 1. The zero-order chi connectivity index (χ0) is 25.2. The highest BCUT2D eigenvalue weighted by Crippen LogP contribution is 2.38. The van der Waals surface area contributed by atoms with Crippen LogP contribution in [-0.4, -0.2) is 35.3 Å². The highest BCUT2D eigenvalue weighted by Gasteiger charge is 2.36. The number of amides is 2. The van der Waals surface area contributed by atoms with Gasteiger partial charge < -0.3 is 23.7 Å². The third-order valence-electron chi connectivity index (χ3n) is 6.01. The van der Waals surface area contributed by atoms with Crippen LogP contribution in [0.3, 0.4) is 0 Å². The van der Waals surface area contributed by atoms with Gasteiger partial charge in [-0.1, -0.05) is 17.3 Å². The number of nitrogens with zero attached hydrogens (tertiary/aromatic N) is 3. The number of aromatic nitrogens is 2. The fourth-order valence-corrected chi connectivity index (χ4v) is 4.11. The van der Waals surface area contributed by atoms with Gasteiger partial charge in [0.2, 0.25) is 5.82 Å². The average Bonchev–Trinajstić information content (AvgIpc) is 3.59. The number of rotatable bonds is 7. The monoisotopic (exact) mass is 490 g/mol. The summed E-state index contributed by atoms with van der Waals surface area (Å²) in [5.74, 6) is 1.28. The molecule has 1 aliphatic rings. The van der Waals surface area contributed by atoms with Gasteiger partial charge in [0, 0.05) is 11.3 Å². The maximum atomic E-state index is 14.3. The summed E-state index contributed by atoms with van der Waals surface area (Å²) in [7, 11) is 2.98. The lowest BCUT2D eigenvalue weighted by molar-refractivity contribution is 0.199. The van der Waals surface area contributed by atoms with E-state index >= 15 is 0 Å². The first-order valence-electron chi connectivity index (χ1n) is 11.1. The Morgan fingerprint density at radius 3 is 2.58 bits per heavy atom. The van der Waals surface area contributed by atoms with Crippen molar-refractivity contribution >= 4 is 11.6 Å². The lowest BCUT2D eigenvalue weighted by Gasteiger charge is -2.34. The van der Waals surface area contributed by atoms with E-state index in [9.17, 15) is 9.18 Å². The molecule has 10 heteroatoms. The Bertz CT molecular complexity index is 1410. The molecule has 36 heavy (non-hydrogen) atoms. The van der Waals surface area contributed by atoms with Crippen molar-refractivity contribution < 1.29 is 27.6 Å². The van der Waals surface area contributed by atoms with Gasteiger partial charge in [-0.2, -0.15) is 4.98 Å². The molecule has 184 valence electrons. The van der Waals surface area contributed by atoms with Gasteiger partial charge in [0.05, 0.1) is 38.6 Å². The Hall–Kier alpha value is -4.60. The summed E-state index contributed by atoms with van der Waals surface area (Å²) >= 11 is 0. The number of hydrogen-bond donors (Lipinski definition) is 1. The standard InChI is InChI=1S/C26H23FN4O5/c1-15-22(25-29-24(30-36-25)17-8-11-21(34-3)20(27)13-17)23(16-6-9-18(33-2)10-7-16)28-26(32)31(15)14-19-5-4-12-35-19/h4-13,23H,14H2,1-3H3,(H,28,32). The molecule has 3 heterocycles. The van der Waals surface area contributed by atoms with Gasteiger partial charge in [0.15, 0.2) is 11.6 Å². The largest absolute Gasteiger partial charge is 0.497 e. The molecule has 0 radical (unpaired) electrons. The normalized spacial score (nSPS) is 15.7. The van der Waals surface area contributed by atoms with Crippen molar-refractivity contribution in [3.8, 4) is 22.9 Å². The quantitative estimate of drug-likeness (QED) is 0.381. The molecular weight excluding hydrogens is 467 g/mol. The number of carbonyl (C=O) groups is 1. The first-order chi connectivity index (χ1) is 17.5. The Morgan fingerprint density at radius 1 is 1.11 bits per heavy atom. The number of carbonyl (C=O) groups excluding carboxylic acids is 1. The number of urea groups is 1. The van der Waals surface area contributed by atoms with E-state index in [4.69, 9.17) is 18.4 Å². The zero-order valence-corrected chi connectivity index (χ0v) is 19.8. The van der Waals surface area contributed by atoms with E-state index in [1.165, 1.54) is 19.2 Å². The number of benzene rings is 2. The minimum atomic E-state index is -0.572. The predicted octanol–water partition coefficient (Wildman–Crippen LogP) is 5.18. The number of hydrogen-bond acceptors (Lipinski definition) is 7. The molecule has 2 amide bonds. The zero-order valence-electron chi connectivity index (χ0n) is 19.8. The van der Waals surface area contributed by atoms with Crippen molar-refractivity contribution in [2.24, 2.45) is 0 Å². The first-order valence-corrected chi connectivity index (χ1v) is 11.1. The summed E-state index contributed by atoms with van der Waals surface area (Å²) in [5.41, 5.74) is 2.45. The third kappa shape index (κ3) is 4.28. The maximum Gasteiger partial charge on any atom is 0.322 e. The van der Waals surface area contributed by atoms with Gasteiger partial charge in [-0.25, -0.2) is 9.18 Å². The number of methoxy groups -OCH3 is 2. The molecule has 2 aromatic carbocycles. The van der Waals surface area contributed by atoms with E-state index < -0.39 is 11.9 Å². The van der Waals surface area contributed by atoms with E-state index in [-0.39, 0.29) is 30.0 Å².